The zero-order valence-corrected chi connectivity index (χ0v) is 13.6. The van der Waals surface area contributed by atoms with Crippen molar-refractivity contribution in [3.63, 3.8) is 0 Å². The predicted octanol–water partition coefficient (Wildman–Crippen LogP) is 3.96. The summed E-state index contributed by atoms with van der Waals surface area (Å²) in [6.07, 6.45) is -0.709. The minimum atomic E-state index is -3.00. The molecule has 0 radical (unpaired) electrons. The van der Waals surface area contributed by atoms with E-state index in [1.54, 1.807) is 31.2 Å². The second kappa shape index (κ2) is 6.96. The topological polar surface area (TPSA) is 54.0 Å². The number of methoxy groups -OCH3 is 1. The summed E-state index contributed by atoms with van der Waals surface area (Å²) in [5, 5.41) is 0. The first kappa shape index (κ1) is 17.0. The average molecular weight is 350 g/mol. The number of esters is 1. The molecule has 0 aliphatic carbocycles. The highest BCUT2D eigenvalue weighted by Crippen LogP contribution is 2.47. The van der Waals surface area contributed by atoms with Gasteiger partial charge in [-0.15, -0.1) is 0 Å². The lowest BCUT2D eigenvalue weighted by Crippen LogP contribution is -2.09. The Morgan fingerprint density at radius 3 is 2.56 bits per heavy atom. The van der Waals surface area contributed by atoms with Crippen molar-refractivity contribution in [1.29, 1.82) is 0 Å². The van der Waals surface area contributed by atoms with E-state index in [0.717, 1.165) is 0 Å². The number of fused-ring (bicyclic) bond motifs is 1. The van der Waals surface area contributed by atoms with E-state index in [4.69, 9.17) is 14.2 Å². The summed E-state index contributed by atoms with van der Waals surface area (Å²) in [6.45, 7) is -0.985. The minimum absolute atomic E-state index is 0.0279. The van der Waals surface area contributed by atoms with Crippen LogP contribution in [0, 0.1) is 0 Å². The smallest absolute Gasteiger partial charge is 0.387 e. The third-order valence-corrected chi connectivity index (χ3v) is 3.79. The van der Waals surface area contributed by atoms with Crippen LogP contribution in [0.15, 0.2) is 36.4 Å². The average Bonchev–Trinajstić information content (AvgIpc) is 2.92. The Morgan fingerprint density at radius 1 is 1.12 bits per heavy atom. The number of alkyl halides is 2. The van der Waals surface area contributed by atoms with Crippen molar-refractivity contribution in [2.45, 2.75) is 19.6 Å². The summed E-state index contributed by atoms with van der Waals surface area (Å²) in [7, 11) is 1.33. The molecule has 1 aliphatic heterocycles. The van der Waals surface area contributed by atoms with Crippen molar-refractivity contribution in [3.05, 3.63) is 53.1 Å². The number of carbonyl (C=O) groups excluding carboxylic acids is 1. The van der Waals surface area contributed by atoms with Gasteiger partial charge in [0, 0.05) is 11.1 Å². The molecule has 0 saturated heterocycles. The van der Waals surface area contributed by atoms with Gasteiger partial charge in [0.1, 0.15) is 0 Å². The minimum Gasteiger partial charge on any atom is -0.490 e. The van der Waals surface area contributed by atoms with Crippen molar-refractivity contribution in [2.75, 3.05) is 13.7 Å². The van der Waals surface area contributed by atoms with E-state index in [1.165, 1.54) is 19.2 Å². The molecule has 1 atom stereocenters. The van der Waals surface area contributed by atoms with Gasteiger partial charge in [0.25, 0.3) is 0 Å². The molecular weight excluding hydrogens is 334 g/mol. The third kappa shape index (κ3) is 3.09. The summed E-state index contributed by atoms with van der Waals surface area (Å²) in [6, 6.07) is 9.86. The molecule has 5 nitrogen and oxygen atoms in total. The molecule has 0 bridgehead atoms. The monoisotopic (exact) mass is 350 g/mol. The quantitative estimate of drug-likeness (QED) is 0.738. The summed E-state index contributed by atoms with van der Waals surface area (Å²) >= 11 is 0. The summed E-state index contributed by atoms with van der Waals surface area (Å²) in [4.78, 5) is 12.1. The first-order valence-electron chi connectivity index (χ1n) is 7.65. The molecule has 0 aromatic heterocycles. The van der Waals surface area contributed by atoms with Crippen LogP contribution in [0.1, 0.15) is 34.5 Å². The van der Waals surface area contributed by atoms with Gasteiger partial charge >= 0.3 is 12.6 Å². The molecule has 2 aromatic carbocycles. The molecule has 7 heteroatoms. The standard InChI is InChI=1S/C18H16F2O5/c1-3-23-15-12(8-9-13(16(15)22-2)24-18(19)20)14-10-6-4-5-7-11(10)17(21)25-14/h4-9,14,18H,3H2,1-2H3. The molecule has 3 rings (SSSR count). The lowest BCUT2D eigenvalue weighted by molar-refractivity contribution is -0.0514. The number of halogens is 2. The molecule has 2 aromatic rings. The van der Waals surface area contributed by atoms with Crippen LogP contribution < -0.4 is 14.2 Å². The maximum absolute atomic E-state index is 12.6. The van der Waals surface area contributed by atoms with E-state index < -0.39 is 18.7 Å². The van der Waals surface area contributed by atoms with E-state index >= 15 is 0 Å². The molecule has 0 N–H and O–H groups in total. The van der Waals surface area contributed by atoms with Crippen molar-refractivity contribution < 1.29 is 32.5 Å². The maximum atomic E-state index is 12.6. The largest absolute Gasteiger partial charge is 0.490 e. The van der Waals surface area contributed by atoms with Gasteiger partial charge in [-0.2, -0.15) is 8.78 Å². The first-order chi connectivity index (χ1) is 12.1. The Bertz CT molecular complexity index is 791. The highest BCUT2D eigenvalue weighted by atomic mass is 19.3. The van der Waals surface area contributed by atoms with Gasteiger partial charge < -0.3 is 18.9 Å². The van der Waals surface area contributed by atoms with E-state index in [2.05, 4.69) is 4.74 Å². The summed E-state index contributed by atoms with van der Waals surface area (Å²) in [5.41, 5.74) is 1.64. The molecule has 0 fully saturated rings. The van der Waals surface area contributed by atoms with Gasteiger partial charge in [-0.3, -0.25) is 0 Å². The second-order valence-corrected chi connectivity index (χ2v) is 5.20. The van der Waals surface area contributed by atoms with E-state index in [0.29, 0.717) is 16.7 Å². The van der Waals surface area contributed by atoms with E-state index in [9.17, 15) is 13.6 Å². The zero-order valence-electron chi connectivity index (χ0n) is 13.6. The fourth-order valence-corrected chi connectivity index (χ4v) is 2.82. The Labute approximate surface area is 143 Å². The van der Waals surface area contributed by atoms with Crippen LogP contribution in [0.5, 0.6) is 17.2 Å². The lowest BCUT2D eigenvalue weighted by atomic mass is 9.98. The number of rotatable bonds is 6. The number of hydrogen-bond acceptors (Lipinski definition) is 5. The second-order valence-electron chi connectivity index (χ2n) is 5.20. The number of hydrogen-bond donors (Lipinski definition) is 0. The molecular formula is C18H16F2O5. The summed E-state index contributed by atoms with van der Waals surface area (Å²) < 4.78 is 46.0. The maximum Gasteiger partial charge on any atom is 0.387 e. The Hall–Kier alpha value is -2.83. The Balaban J connectivity index is 2.12. The van der Waals surface area contributed by atoms with Gasteiger partial charge in [-0.05, 0) is 25.1 Å². The molecule has 132 valence electrons. The van der Waals surface area contributed by atoms with Gasteiger partial charge in [0.05, 0.1) is 19.3 Å². The molecule has 1 heterocycles. The van der Waals surface area contributed by atoms with Crippen LogP contribution in [0.2, 0.25) is 0 Å². The lowest BCUT2D eigenvalue weighted by Gasteiger charge is -2.20. The predicted molar refractivity (Wildman–Crippen MR) is 84.5 cm³/mol. The fraction of sp³-hybridized carbons (Fsp3) is 0.278. The van der Waals surface area contributed by atoms with Crippen molar-refractivity contribution in [2.24, 2.45) is 0 Å². The van der Waals surface area contributed by atoms with Crippen molar-refractivity contribution >= 4 is 5.97 Å². The Morgan fingerprint density at radius 2 is 1.88 bits per heavy atom. The van der Waals surface area contributed by atoms with Crippen LogP contribution in [-0.4, -0.2) is 26.3 Å². The molecule has 25 heavy (non-hydrogen) atoms. The highest BCUT2D eigenvalue weighted by Gasteiger charge is 2.35. The van der Waals surface area contributed by atoms with E-state index in [-0.39, 0.29) is 23.9 Å². The highest BCUT2D eigenvalue weighted by molar-refractivity contribution is 5.94. The van der Waals surface area contributed by atoms with Gasteiger partial charge in [0.15, 0.2) is 17.6 Å². The van der Waals surface area contributed by atoms with Crippen LogP contribution in [-0.2, 0) is 4.74 Å². The van der Waals surface area contributed by atoms with Crippen LogP contribution >= 0.6 is 0 Å². The molecule has 1 unspecified atom stereocenters. The molecule has 0 saturated carbocycles. The van der Waals surface area contributed by atoms with Gasteiger partial charge in [-0.1, -0.05) is 18.2 Å². The molecule has 0 amide bonds. The first-order valence-corrected chi connectivity index (χ1v) is 7.65. The molecule has 1 aliphatic rings. The summed E-state index contributed by atoms with van der Waals surface area (Å²) in [5.74, 6) is -0.366. The number of cyclic esters (lactones) is 1. The van der Waals surface area contributed by atoms with Crippen molar-refractivity contribution in [3.8, 4) is 17.2 Å². The number of ether oxygens (including phenoxy) is 4. The normalized spacial score (nSPS) is 15.7. The van der Waals surface area contributed by atoms with Crippen LogP contribution in [0.4, 0.5) is 8.78 Å². The van der Waals surface area contributed by atoms with Crippen molar-refractivity contribution in [1.82, 2.24) is 0 Å². The van der Waals surface area contributed by atoms with Crippen LogP contribution in [0.3, 0.4) is 0 Å². The number of benzene rings is 2. The van der Waals surface area contributed by atoms with Gasteiger partial charge in [0.2, 0.25) is 5.75 Å². The molecule has 0 spiro atoms. The number of carbonyl (C=O) groups is 1. The van der Waals surface area contributed by atoms with E-state index in [1.807, 2.05) is 0 Å². The van der Waals surface area contributed by atoms with Crippen LogP contribution in [0.25, 0.3) is 0 Å². The third-order valence-electron chi connectivity index (χ3n) is 3.79. The Kier molecular flexibility index (Phi) is 4.74. The zero-order chi connectivity index (χ0) is 18.0. The fourth-order valence-electron chi connectivity index (χ4n) is 2.82. The SMILES string of the molecule is CCOc1c(C2OC(=O)c3ccccc32)ccc(OC(F)F)c1OC. The van der Waals surface area contributed by atoms with Gasteiger partial charge in [-0.25, -0.2) is 4.79 Å².